The number of nitrogens with one attached hydrogen (secondary N) is 2. The summed E-state index contributed by atoms with van der Waals surface area (Å²) in [4.78, 5) is 10.2. The molecule has 0 amide bonds. The predicted molar refractivity (Wildman–Crippen MR) is 98.6 cm³/mol. The molecule has 24 heavy (non-hydrogen) atoms. The highest BCUT2D eigenvalue weighted by atomic mass is 32.1. The molecule has 0 fully saturated rings. The van der Waals surface area contributed by atoms with Crippen LogP contribution in [-0.2, 0) is 13.0 Å². The quantitative estimate of drug-likeness (QED) is 0.359. The molecule has 0 spiro atoms. The summed E-state index contributed by atoms with van der Waals surface area (Å²) in [6.45, 7) is 5.90. The lowest BCUT2D eigenvalue weighted by atomic mass is 10.0. The van der Waals surface area contributed by atoms with Crippen LogP contribution in [0, 0.1) is 0 Å². The van der Waals surface area contributed by atoms with Crippen molar-refractivity contribution >= 4 is 22.7 Å². The number of hydroxylamine groups is 1. The first kappa shape index (κ1) is 19.4. The molecule has 0 saturated heterocycles. The van der Waals surface area contributed by atoms with Gasteiger partial charge in [-0.15, -0.1) is 22.7 Å². The van der Waals surface area contributed by atoms with Crippen molar-refractivity contribution in [2.75, 3.05) is 13.1 Å². The summed E-state index contributed by atoms with van der Waals surface area (Å²) in [5, 5.41) is 25.9. The summed E-state index contributed by atoms with van der Waals surface area (Å²) in [5.41, 5.74) is 2.42. The maximum atomic E-state index is 10.1. The van der Waals surface area contributed by atoms with Crippen LogP contribution in [0.1, 0.15) is 43.7 Å². The number of rotatable bonds is 11. The molecule has 0 atom stereocenters. The lowest BCUT2D eigenvalue weighted by Crippen LogP contribution is -2.23. The number of thiazole rings is 2. The zero-order valence-corrected chi connectivity index (χ0v) is 15.8. The molecule has 2 heterocycles. The fourth-order valence-corrected chi connectivity index (χ4v) is 4.29. The van der Waals surface area contributed by atoms with Gasteiger partial charge in [0.1, 0.15) is 0 Å². The van der Waals surface area contributed by atoms with Crippen molar-refractivity contribution in [3.05, 3.63) is 22.1 Å². The van der Waals surface area contributed by atoms with Crippen LogP contribution in [0.2, 0.25) is 0 Å². The molecule has 0 unspecified atom stereocenters. The maximum absolute atomic E-state index is 10.1. The summed E-state index contributed by atoms with van der Waals surface area (Å²) in [6.07, 6.45) is 5.48. The van der Waals surface area contributed by atoms with E-state index in [1.165, 1.54) is 0 Å². The number of nitrogens with zero attached hydrogens (tertiary/aromatic N) is 2. The Morgan fingerprint density at radius 3 is 2.62 bits per heavy atom. The van der Waals surface area contributed by atoms with Crippen LogP contribution in [0.5, 0.6) is 0 Å². The fourth-order valence-electron chi connectivity index (χ4n) is 2.31. The molecule has 0 aliphatic rings. The molecule has 2 aromatic rings. The zero-order chi connectivity index (χ0) is 17.4. The third kappa shape index (κ3) is 6.54. The van der Waals surface area contributed by atoms with Gasteiger partial charge in [-0.3, -0.25) is 0 Å². The van der Waals surface area contributed by atoms with Crippen LogP contribution in [0.15, 0.2) is 11.6 Å². The van der Waals surface area contributed by atoms with Gasteiger partial charge in [0.15, 0.2) is 10.0 Å². The highest BCUT2D eigenvalue weighted by Crippen LogP contribution is 2.31. The first-order valence-electron chi connectivity index (χ1n) is 8.18. The molecule has 6 nitrogen and oxygen atoms in total. The highest BCUT2D eigenvalue weighted by Gasteiger charge is 2.20. The number of hydrogen-bond acceptors (Lipinski definition) is 8. The van der Waals surface area contributed by atoms with E-state index in [9.17, 15) is 5.11 Å². The monoisotopic (exact) mass is 370 g/mol. The van der Waals surface area contributed by atoms with E-state index in [0.717, 1.165) is 46.4 Å². The van der Waals surface area contributed by atoms with Gasteiger partial charge in [-0.2, -0.15) is 0 Å². The number of aliphatic hydroxyl groups is 1. The third-order valence-corrected chi connectivity index (χ3v) is 5.43. The summed E-state index contributed by atoms with van der Waals surface area (Å²) in [6, 6.07) is 0. The molecule has 2 aromatic heterocycles. The average molecular weight is 371 g/mol. The normalized spacial score (nSPS) is 12.0. The van der Waals surface area contributed by atoms with Crippen LogP contribution < -0.4 is 10.8 Å². The Morgan fingerprint density at radius 2 is 1.96 bits per heavy atom. The summed E-state index contributed by atoms with van der Waals surface area (Å²) in [5.74, 6) is 0. The Hall–Kier alpha value is -0.900. The Bertz CT molecular complexity index is 594. The van der Waals surface area contributed by atoms with Gasteiger partial charge in [-0.05, 0) is 33.2 Å². The smallest absolute Gasteiger partial charge is 0.152 e. The first-order chi connectivity index (χ1) is 11.5. The van der Waals surface area contributed by atoms with E-state index in [-0.39, 0.29) is 0 Å². The number of hydrogen-bond donors (Lipinski definition) is 4. The van der Waals surface area contributed by atoms with E-state index in [2.05, 4.69) is 15.8 Å². The van der Waals surface area contributed by atoms with Crippen LogP contribution >= 0.6 is 22.7 Å². The molecule has 0 radical (unpaired) electrons. The molecule has 8 heteroatoms. The minimum Gasteiger partial charge on any atom is -0.390 e. The summed E-state index contributed by atoms with van der Waals surface area (Å²) in [7, 11) is 0. The van der Waals surface area contributed by atoms with E-state index in [0.29, 0.717) is 19.5 Å². The van der Waals surface area contributed by atoms with Crippen LogP contribution in [0.3, 0.4) is 0 Å². The molecule has 134 valence electrons. The Balaban J connectivity index is 1.93. The summed E-state index contributed by atoms with van der Waals surface area (Å²) >= 11 is 3.20. The molecule has 0 aliphatic heterocycles. The van der Waals surface area contributed by atoms with Crippen molar-refractivity contribution < 1.29 is 10.3 Å². The largest absolute Gasteiger partial charge is 0.390 e. The molecule has 0 aromatic carbocycles. The molecule has 0 aliphatic carbocycles. The van der Waals surface area contributed by atoms with Crippen LogP contribution in [-0.4, -0.2) is 39.0 Å². The average Bonchev–Trinajstić information content (AvgIpc) is 3.15. The first-order valence-corrected chi connectivity index (χ1v) is 9.88. The predicted octanol–water partition coefficient (Wildman–Crippen LogP) is 2.82. The Morgan fingerprint density at radius 1 is 1.17 bits per heavy atom. The van der Waals surface area contributed by atoms with E-state index in [4.69, 9.17) is 10.2 Å². The molecular weight excluding hydrogens is 344 g/mol. The molecule has 0 bridgehead atoms. The molecule has 0 saturated carbocycles. The lowest BCUT2D eigenvalue weighted by molar-refractivity contribution is 0.0815. The lowest BCUT2D eigenvalue weighted by Gasteiger charge is -2.16. The third-order valence-electron chi connectivity index (χ3n) is 3.42. The van der Waals surface area contributed by atoms with E-state index in [1.54, 1.807) is 28.9 Å². The van der Waals surface area contributed by atoms with Crippen molar-refractivity contribution in [2.45, 2.75) is 51.7 Å². The van der Waals surface area contributed by atoms with Gasteiger partial charge < -0.3 is 15.6 Å². The topological polar surface area (TPSA) is 90.3 Å². The van der Waals surface area contributed by atoms with Crippen molar-refractivity contribution in [3.8, 4) is 10.0 Å². The Kier molecular flexibility index (Phi) is 7.73. The minimum absolute atomic E-state index is 0.592. The van der Waals surface area contributed by atoms with Crippen molar-refractivity contribution in [3.63, 3.8) is 0 Å². The van der Waals surface area contributed by atoms with Gasteiger partial charge in [-0.1, -0.05) is 6.42 Å². The summed E-state index contributed by atoms with van der Waals surface area (Å²) < 4.78 is 0. The second-order valence-corrected chi connectivity index (χ2v) is 8.34. The van der Waals surface area contributed by atoms with Crippen molar-refractivity contribution in [1.82, 2.24) is 20.8 Å². The second kappa shape index (κ2) is 9.55. The molecule has 4 N–H and O–H groups in total. The van der Waals surface area contributed by atoms with Crippen LogP contribution in [0.25, 0.3) is 10.0 Å². The van der Waals surface area contributed by atoms with Crippen molar-refractivity contribution in [2.24, 2.45) is 0 Å². The second-order valence-electron chi connectivity index (χ2n) is 6.36. The molecule has 2 rings (SSSR count). The number of aromatic nitrogens is 2. The maximum Gasteiger partial charge on any atom is 0.152 e. The minimum atomic E-state index is -0.751. The SMILES string of the molecule is CC(C)(O)Cc1sc(-c2nccs2)nc1CNCCCCCNO. The zero-order valence-electron chi connectivity index (χ0n) is 14.2. The van der Waals surface area contributed by atoms with E-state index < -0.39 is 5.60 Å². The van der Waals surface area contributed by atoms with E-state index >= 15 is 0 Å². The highest BCUT2D eigenvalue weighted by molar-refractivity contribution is 7.20. The Labute approximate surface area is 151 Å². The van der Waals surface area contributed by atoms with Gasteiger partial charge in [0.25, 0.3) is 0 Å². The molecular formula is C16H26N4O2S2. The van der Waals surface area contributed by atoms with Gasteiger partial charge in [0.05, 0.1) is 11.3 Å². The van der Waals surface area contributed by atoms with Gasteiger partial charge in [0, 0.05) is 36.0 Å². The van der Waals surface area contributed by atoms with Gasteiger partial charge >= 0.3 is 0 Å². The van der Waals surface area contributed by atoms with E-state index in [1.807, 2.05) is 19.2 Å². The van der Waals surface area contributed by atoms with Gasteiger partial charge in [-0.25, -0.2) is 15.4 Å². The standard InChI is InChI=1S/C16H26N4O2S2/c1-16(2,21)10-13-12(11-17-6-4-3-5-7-19-22)20-15(24-13)14-18-8-9-23-14/h8-9,17,19,21-22H,3-7,10-11H2,1-2H3. The van der Waals surface area contributed by atoms with Gasteiger partial charge in [0.2, 0.25) is 0 Å². The number of unbranched alkanes of at least 4 members (excludes halogenated alkanes) is 2. The van der Waals surface area contributed by atoms with Crippen LogP contribution in [0.4, 0.5) is 0 Å². The fraction of sp³-hybridized carbons (Fsp3) is 0.625. The van der Waals surface area contributed by atoms with Crippen molar-refractivity contribution in [1.29, 1.82) is 0 Å².